The summed E-state index contributed by atoms with van der Waals surface area (Å²) >= 11 is 0. The Labute approximate surface area is 124 Å². The topological polar surface area (TPSA) is 59.3 Å². The van der Waals surface area contributed by atoms with Gasteiger partial charge in [-0.2, -0.15) is 0 Å². The molecule has 2 aromatic rings. The van der Waals surface area contributed by atoms with Gasteiger partial charge in [0.1, 0.15) is 5.82 Å². The number of imidazole rings is 1. The van der Waals surface area contributed by atoms with Gasteiger partial charge in [-0.15, -0.1) is 0 Å². The molecule has 0 radical (unpaired) electrons. The third kappa shape index (κ3) is 2.81. The number of hydrogen-bond donors (Lipinski definition) is 2. The van der Waals surface area contributed by atoms with Gasteiger partial charge >= 0.3 is 0 Å². The molecule has 0 saturated carbocycles. The highest BCUT2D eigenvalue weighted by atomic mass is 16.5. The van der Waals surface area contributed by atoms with Crippen LogP contribution in [0.5, 0.6) is 0 Å². The average molecular weight is 289 g/mol. The van der Waals surface area contributed by atoms with Crippen molar-refractivity contribution in [2.45, 2.75) is 31.8 Å². The molecule has 2 N–H and O–H groups in total. The van der Waals surface area contributed by atoms with E-state index in [0.717, 1.165) is 36.4 Å². The first-order valence-electron chi connectivity index (χ1n) is 7.72. The lowest BCUT2D eigenvalue weighted by molar-refractivity contribution is 0.186. The Bertz CT molecular complexity index is 596. The number of rotatable bonds is 6. The first-order valence-corrected chi connectivity index (χ1v) is 7.72. The van der Waals surface area contributed by atoms with Gasteiger partial charge in [-0.05, 0) is 25.1 Å². The number of ether oxygens (including phenoxy) is 1. The van der Waals surface area contributed by atoms with Crippen molar-refractivity contribution in [3.05, 3.63) is 30.1 Å². The van der Waals surface area contributed by atoms with Gasteiger partial charge in [0.05, 0.1) is 36.8 Å². The zero-order valence-corrected chi connectivity index (χ0v) is 12.5. The molecule has 114 valence electrons. The van der Waals surface area contributed by atoms with Crippen molar-refractivity contribution < 1.29 is 9.84 Å². The normalized spacial score (nSPS) is 22.2. The van der Waals surface area contributed by atoms with Crippen molar-refractivity contribution in [1.29, 1.82) is 0 Å². The Morgan fingerprint density at radius 1 is 1.38 bits per heavy atom. The average Bonchev–Trinajstić information content (AvgIpc) is 3.10. The molecule has 5 heteroatoms. The second-order valence-electron chi connectivity index (χ2n) is 5.54. The molecule has 1 aliphatic rings. The molecule has 21 heavy (non-hydrogen) atoms. The number of aliphatic hydroxyl groups excluding tert-OH is 1. The summed E-state index contributed by atoms with van der Waals surface area (Å²) < 4.78 is 7.81. The number of benzene rings is 1. The molecule has 1 aromatic carbocycles. The number of nitrogens with zero attached hydrogens (tertiary/aromatic N) is 2. The molecule has 0 spiro atoms. The van der Waals surface area contributed by atoms with Gasteiger partial charge in [0.25, 0.3) is 0 Å². The van der Waals surface area contributed by atoms with E-state index in [0.29, 0.717) is 19.2 Å². The van der Waals surface area contributed by atoms with Crippen molar-refractivity contribution in [3.63, 3.8) is 0 Å². The van der Waals surface area contributed by atoms with E-state index in [2.05, 4.69) is 22.9 Å². The monoisotopic (exact) mass is 289 g/mol. The molecule has 1 saturated heterocycles. The van der Waals surface area contributed by atoms with Crippen molar-refractivity contribution >= 4 is 11.0 Å². The minimum atomic E-state index is 0.119. The highest BCUT2D eigenvalue weighted by Crippen LogP contribution is 2.28. The number of para-hydroxylation sites is 2. The van der Waals surface area contributed by atoms with E-state index in [1.54, 1.807) is 0 Å². The zero-order chi connectivity index (χ0) is 14.7. The van der Waals surface area contributed by atoms with Gasteiger partial charge in [-0.1, -0.05) is 19.1 Å². The highest BCUT2D eigenvalue weighted by molar-refractivity contribution is 5.76. The summed E-state index contributed by atoms with van der Waals surface area (Å²) in [6.07, 6.45) is 1.11. The van der Waals surface area contributed by atoms with Crippen LogP contribution in [0.2, 0.25) is 0 Å². The lowest BCUT2D eigenvalue weighted by Gasteiger charge is -2.19. The Morgan fingerprint density at radius 2 is 2.24 bits per heavy atom. The predicted molar refractivity (Wildman–Crippen MR) is 82.5 cm³/mol. The van der Waals surface area contributed by atoms with Crippen LogP contribution in [0.25, 0.3) is 11.0 Å². The van der Waals surface area contributed by atoms with Crippen LogP contribution in [0, 0.1) is 0 Å². The Morgan fingerprint density at radius 3 is 3.05 bits per heavy atom. The lowest BCUT2D eigenvalue weighted by atomic mass is 10.0. The molecule has 0 amide bonds. The number of hydrogen-bond acceptors (Lipinski definition) is 4. The maximum atomic E-state index is 9.38. The predicted octanol–water partition coefficient (Wildman–Crippen LogP) is 1.51. The zero-order valence-electron chi connectivity index (χ0n) is 12.5. The number of aliphatic hydroxyl groups is 1. The van der Waals surface area contributed by atoms with Crippen LogP contribution in [0.4, 0.5) is 0 Å². The van der Waals surface area contributed by atoms with E-state index in [-0.39, 0.29) is 12.5 Å². The first-order chi connectivity index (χ1) is 10.3. The quantitative estimate of drug-likeness (QED) is 0.846. The molecule has 2 heterocycles. The highest BCUT2D eigenvalue weighted by Gasteiger charge is 2.33. The Hall–Kier alpha value is -1.43. The van der Waals surface area contributed by atoms with Crippen LogP contribution < -0.4 is 5.32 Å². The third-order valence-corrected chi connectivity index (χ3v) is 4.08. The van der Waals surface area contributed by atoms with Gasteiger partial charge in [-0.25, -0.2) is 4.98 Å². The molecule has 0 bridgehead atoms. The Balaban J connectivity index is 1.96. The lowest BCUT2D eigenvalue weighted by Crippen LogP contribution is -2.36. The minimum Gasteiger partial charge on any atom is -0.395 e. The van der Waals surface area contributed by atoms with Gasteiger partial charge in [0.15, 0.2) is 0 Å². The summed E-state index contributed by atoms with van der Waals surface area (Å²) in [6.45, 7) is 5.27. The molecule has 5 nitrogen and oxygen atoms in total. The maximum Gasteiger partial charge on any atom is 0.117 e. The summed E-state index contributed by atoms with van der Waals surface area (Å²) in [6, 6.07) is 8.40. The first kappa shape index (κ1) is 14.5. The third-order valence-electron chi connectivity index (χ3n) is 4.08. The van der Waals surface area contributed by atoms with Gasteiger partial charge < -0.3 is 19.7 Å². The molecule has 1 aliphatic heterocycles. The van der Waals surface area contributed by atoms with Crippen LogP contribution in [-0.4, -0.2) is 47.1 Å². The van der Waals surface area contributed by atoms with Gasteiger partial charge in [-0.3, -0.25) is 0 Å². The Kier molecular flexibility index (Phi) is 4.53. The summed E-state index contributed by atoms with van der Waals surface area (Å²) in [5.41, 5.74) is 2.07. The fourth-order valence-corrected chi connectivity index (χ4v) is 3.05. The van der Waals surface area contributed by atoms with E-state index in [1.807, 2.05) is 18.2 Å². The molecular weight excluding hydrogens is 266 g/mol. The van der Waals surface area contributed by atoms with E-state index in [4.69, 9.17) is 9.72 Å². The molecule has 1 aromatic heterocycles. The van der Waals surface area contributed by atoms with Crippen molar-refractivity contribution in [2.75, 3.05) is 26.4 Å². The smallest absolute Gasteiger partial charge is 0.117 e. The standard InChI is InChI=1S/C16H23N3O2/c1-2-7-17-14-11-21-10-12(14)16-18-13-5-3-4-6-15(13)19(16)8-9-20/h3-6,12,14,17,20H,2,7-11H2,1H3. The van der Waals surface area contributed by atoms with Crippen LogP contribution in [0.15, 0.2) is 24.3 Å². The van der Waals surface area contributed by atoms with Gasteiger partial charge in [0, 0.05) is 12.6 Å². The number of nitrogens with one attached hydrogen (secondary N) is 1. The fourth-order valence-electron chi connectivity index (χ4n) is 3.05. The van der Waals surface area contributed by atoms with Gasteiger partial charge in [0.2, 0.25) is 0 Å². The molecular formula is C16H23N3O2. The van der Waals surface area contributed by atoms with Crippen LogP contribution in [0.1, 0.15) is 25.1 Å². The summed E-state index contributed by atoms with van der Waals surface area (Å²) in [5.74, 6) is 1.27. The fraction of sp³-hybridized carbons (Fsp3) is 0.562. The molecule has 2 unspecified atom stereocenters. The largest absolute Gasteiger partial charge is 0.395 e. The molecule has 1 fully saturated rings. The summed E-state index contributed by atoms with van der Waals surface area (Å²) in [5, 5.41) is 12.9. The number of aromatic nitrogens is 2. The second kappa shape index (κ2) is 6.56. The molecule has 0 aliphatic carbocycles. The molecule has 3 rings (SSSR count). The van der Waals surface area contributed by atoms with Crippen LogP contribution in [-0.2, 0) is 11.3 Å². The van der Waals surface area contributed by atoms with Crippen molar-refractivity contribution in [1.82, 2.24) is 14.9 Å². The summed E-state index contributed by atoms with van der Waals surface area (Å²) in [7, 11) is 0. The maximum absolute atomic E-state index is 9.38. The van der Waals surface area contributed by atoms with Crippen LogP contribution >= 0.6 is 0 Å². The number of fused-ring (bicyclic) bond motifs is 1. The minimum absolute atomic E-state index is 0.119. The van der Waals surface area contributed by atoms with Crippen molar-refractivity contribution in [3.8, 4) is 0 Å². The van der Waals surface area contributed by atoms with Crippen molar-refractivity contribution in [2.24, 2.45) is 0 Å². The van der Waals surface area contributed by atoms with E-state index in [9.17, 15) is 5.11 Å². The van der Waals surface area contributed by atoms with E-state index >= 15 is 0 Å². The van der Waals surface area contributed by atoms with E-state index in [1.165, 1.54) is 0 Å². The van der Waals surface area contributed by atoms with E-state index < -0.39 is 0 Å². The SMILES string of the molecule is CCCNC1COCC1c1nc2ccccc2n1CCO. The summed E-state index contributed by atoms with van der Waals surface area (Å²) in [4.78, 5) is 4.80. The molecule has 2 atom stereocenters. The second-order valence-corrected chi connectivity index (χ2v) is 5.54. The van der Waals surface area contributed by atoms with Crippen LogP contribution in [0.3, 0.4) is 0 Å².